The second kappa shape index (κ2) is 6.51. The number of amides is 2. The van der Waals surface area contributed by atoms with E-state index in [-0.39, 0.29) is 17.7 Å². The normalized spacial score (nSPS) is 22.8. The smallest absolute Gasteiger partial charge is 0.228 e. The predicted molar refractivity (Wildman–Crippen MR) is 86.7 cm³/mol. The predicted octanol–water partition coefficient (Wildman–Crippen LogP) is 2.75. The Bertz CT molecular complexity index is 562. The summed E-state index contributed by atoms with van der Waals surface area (Å²) >= 11 is 0. The van der Waals surface area contributed by atoms with Crippen molar-refractivity contribution < 1.29 is 9.59 Å². The third kappa shape index (κ3) is 3.01. The molecule has 2 amide bonds. The third-order valence-electron chi connectivity index (χ3n) is 4.80. The Kier molecular flexibility index (Phi) is 4.46. The average Bonchev–Trinajstić information content (AvgIpc) is 2.74. The number of benzene rings is 1. The van der Waals surface area contributed by atoms with E-state index in [1.54, 1.807) is 4.90 Å². The molecule has 0 radical (unpaired) electrons. The maximum absolute atomic E-state index is 12.7. The highest BCUT2D eigenvalue weighted by molar-refractivity contribution is 6.00. The first kappa shape index (κ1) is 15.1. The Balaban J connectivity index is 1.71. The number of para-hydroxylation sites is 1. The molecule has 4 heteroatoms. The molecule has 0 aliphatic carbocycles. The fourth-order valence-corrected chi connectivity index (χ4v) is 3.52. The van der Waals surface area contributed by atoms with Crippen molar-refractivity contribution in [1.82, 2.24) is 4.90 Å². The highest BCUT2D eigenvalue weighted by atomic mass is 16.2. The summed E-state index contributed by atoms with van der Waals surface area (Å²) in [5.41, 5.74) is 2.03. The summed E-state index contributed by atoms with van der Waals surface area (Å²) in [4.78, 5) is 28.8. The number of nitrogens with zero attached hydrogens (tertiary/aromatic N) is 2. The monoisotopic (exact) mass is 300 g/mol. The van der Waals surface area contributed by atoms with Gasteiger partial charge in [0.25, 0.3) is 0 Å². The molecule has 2 saturated heterocycles. The van der Waals surface area contributed by atoms with Gasteiger partial charge in [-0.1, -0.05) is 31.0 Å². The van der Waals surface area contributed by atoms with Gasteiger partial charge < -0.3 is 9.80 Å². The summed E-state index contributed by atoms with van der Waals surface area (Å²) in [6.07, 6.45) is 4.96. The Labute approximate surface area is 132 Å². The lowest BCUT2D eigenvalue weighted by molar-refractivity contribution is -0.135. The Hall–Kier alpha value is -1.84. The molecule has 1 aromatic rings. The molecule has 2 aliphatic heterocycles. The maximum Gasteiger partial charge on any atom is 0.228 e. The van der Waals surface area contributed by atoms with Crippen molar-refractivity contribution in [3.05, 3.63) is 29.8 Å². The summed E-state index contributed by atoms with van der Waals surface area (Å²) in [6.45, 7) is 4.24. The fraction of sp³-hybridized carbons (Fsp3) is 0.556. The second-order valence-corrected chi connectivity index (χ2v) is 6.43. The zero-order valence-corrected chi connectivity index (χ0v) is 13.3. The van der Waals surface area contributed by atoms with Gasteiger partial charge in [0.05, 0.1) is 5.92 Å². The van der Waals surface area contributed by atoms with Crippen molar-refractivity contribution in [2.45, 2.75) is 39.0 Å². The van der Waals surface area contributed by atoms with E-state index >= 15 is 0 Å². The molecule has 0 bridgehead atoms. The number of aryl methyl sites for hydroxylation is 1. The van der Waals surface area contributed by atoms with Gasteiger partial charge in [-0.2, -0.15) is 0 Å². The van der Waals surface area contributed by atoms with Crippen LogP contribution < -0.4 is 4.90 Å². The quantitative estimate of drug-likeness (QED) is 0.842. The molecule has 1 aromatic carbocycles. The van der Waals surface area contributed by atoms with Crippen LogP contribution in [0.3, 0.4) is 0 Å². The van der Waals surface area contributed by atoms with Crippen LogP contribution in [0.1, 0.15) is 37.7 Å². The number of anilines is 1. The van der Waals surface area contributed by atoms with Crippen LogP contribution in [0.5, 0.6) is 0 Å². The molecule has 0 aromatic heterocycles. The summed E-state index contributed by atoms with van der Waals surface area (Å²) in [7, 11) is 0. The Morgan fingerprint density at radius 2 is 1.77 bits per heavy atom. The van der Waals surface area contributed by atoms with Crippen molar-refractivity contribution in [2.75, 3.05) is 24.5 Å². The number of hydrogen-bond donors (Lipinski definition) is 0. The zero-order chi connectivity index (χ0) is 15.5. The maximum atomic E-state index is 12.7. The van der Waals surface area contributed by atoms with E-state index in [1.165, 1.54) is 12.8 Å². The first-order valence-corrected chi connectivity index (χ1v) is 8.31. The van der Waals surface area contributed by atoms with E-state index in [4.69, 9.17) is 0 Å². The highest BCUT2D eigenvalue weighted by Gasteiger charge is 2.37. The highest BCUT2D eigenvalue weighted by Crippen LogP contribution is 2.29. The molecule has 1 atom stereocenters. The lowest BCUT2D eigenvalue weighted by Gasteiger charge is -2.24. The first-order valence-electron chi connectivity index (χ1n) is 8.31. The average molecular weight is 300 g/mol. The van der Waals surface area contributed by atoms with Gasteiger partial charge in [0.15, 0.2) is 0 Å². The van der Waals surface area contributed by atoms with Crippen molar-refractivity contribution >= 4 is 17.5 Å². The molecule has 118 valence electrons. The van der Waals surface area contributed by atoms with Crippen LogP contribution >= 0.6 is 0 Å². The van der Waals surface area contributed by atoms with Crippen LogP contribution in [0.25, 0.3) is 0 Å². The largest absolute Gasteiger partial charge is 0.342 e. The van der Waals surface area contributed by atoms with E-state index in [0.717, 1.165) is 37.2 Å². The number of likely N-dealkylation sites (tertiary alicyclic amines) is 1. The summed E-state index contributed by atoms with van der Waals surface area (Å²) < 4.78 is 0. The van der Waals surface area contributed by atoms with E-state index in [9.17, 15) is 9.59 Å². The molecule has 0 unspecified atom stereocenters. The van der Waals surface area contributed by atoms with Crippen molar-refractivity contribution in [2.24, 2.45) is 5.92 Å². The van der Waals surface area contributed by atoms with Crippen LogP contribution in [0.2, 0.25) is 0 Å². The second-order valence-electron chi connectivity index (χ2n) is 6.43. The molecule has 3 rings (SSSR count). The lowest BCUT2D eigenvalue weighted by atomic mass is 10.1. The molecular formula is C18H24N2O2. The molecule has 2 aliphatic rings. The first-order chi connectivity index (χ1) is 10.7. The van der Waals surface area contributed by atoms with E-state index in [0.29, 0.717) is 13.0 Å². The molecule has 0 N–H and O–H groups in total. The van der Waals surface area contributed by atoms with Gasteiger partial charge in [-0.05, 0) is 31.4 Å². The van der Waals surface area contributed by atoms with Crippen LogP contribution in [0, 0.1) is 12.8 Å². The molecule has 0 spiro atoms. The molecule has 2 fully saturated rings. The molecular weight excluding hydrogens is 276 g/mol. The molecule has 2 heterocycles. The topological polar surface area (TPSA) is 40.6 Å². The van der Waals surface area contributed by atoms with Gasteiger partial charge in [-0.15, -0.1) is 0 Å². The summed E-state index contributed by atoms with van der Waals surface area (Å²) in [5.74, 6) is 0.0685. The number of carbonyl (C=O) groups is 2. The number of rotatable bonds is 2. The van der Waals surface area contributed by atoms with Gasteiger partial charge >= 0.3 is 0 Å². The van der Waals surface area contributed by atoms with Crippen LogP contribution in [-0.2, 0) is 9.59 Å². The summed E-state index contributed by atoms with van der Waals surface area (Å²) in [5, 5.41) is 0. The van der Waals surface area contributed by atoms with Crippen LogP contribution in [0.15, 0.2) is 24.3 Å². The third-order valence-corrected chi connectivity index (χ3v) is 4.80. The van der Waals surface area contributed by atoms with Gasteiger partial charge in [0, 0.05) is 31.7 Å². The van der Waals surface area contributed by atoms with Crippen LogP contribution in [-0.4, -0.2) is 36.3 Å². The minimum atomic E-state index is -0.176. The SMILES string of the molecule is Cc1ccccc1N1C[C@@H](C(=O)N2CCCCCC2)CC1=O. The summed E-state index contributed by atoms with van der Waals surface area (Å²) in [6, 6.07) is 7.89. The van der Waals surface area contributed by atoms with Crippen LogP contribution in [0.4, 0.5) is 5.69 Å². The zero-order valence-electron chi connectivity index (χ0n) is 13.3. The molecule has 4 nitrogen and oxygen atoms in total. The number of hydrogen-bond acceptors (Lipinski definition) is 2. The minimum absolute atomic E-state index is 0.0717. The van der Waals surface area contributed by atoms with E-state index in [1.807, 2.05) is 36.1 Å². The van der Waals surface area contributed by atoms with Gasteiger partial charge in [-0.25, -0.2) is 0 Å². The van der Waals surface area contributed by atoms with Crippen molar-refractivity contribution in [3.8, 4) is 0 Å². The standard InChI is InChI=1S/C18H24N2O2/c1-14-8-4-5-9-16(14)20-13-15(12-17(20)21)18(22)19-10-6-2-3-7-11-19/h4-5,8-9,15H,2-3,6-7,10-13H2,1H3/t15-/m0/s1. The minimum Gasteiger partial charge on any atom is -0.342 e. The van der Waals surface area contributed by atoms with Gasteiger partial charge in [0.1, 0.15) is 0 Å². The Morgan fingerprint density at radius 1 is 1.09 bits per heavy atom. The van der Waals surface area contributed by atoms with E-state index in [2.05, 4.69) is 0 Å². The molecule has 0 saturated carbocycles. The lowest BCUT2D eigenvalue weighted by Crippen LogP contribution is -2.38. The number of carbonyl (C=O) groups excluding carboxylic acids is 2. The van der Waals surface area contributed by atoms with E-state index < -0.39 is 0 Å². The van der Waals surface area contributed by atoms with Crippen molar-refractivity contribution in [3.63, 3.8) is 0 Å². The fourth-order valence-electron chi connectivity index (χ4n) is 3.52. The Morgan fingerprint density at radius 3 is 2.45 bits per heavy atom. The van der Waals surface area contributed by atoms with Gasteiger partial charge in [0.2, 0.25) is 11.8 Å². The molecule has 22 heavy (non-hydrogen) atoms. The van der Waals surface area contributed by atoms with Crippen molar-refractivity contribution in [1.29, 1.82) is 0 Å². The van der Waals surface area contributed by atoms with Gasteiger partial charge in [-0.3, -0.25) is 9.59 Å².